The van der Waals surface area contributed by atoms with Crippen molar-refractivity contribution < 1.29 is 13.6 Å². The fraction of sp³-hybridized carbons (Fsp3) is 0.406. The largest absolute Gasteiger partial charge is 0.377 e. The third kappa shape index (κ3) is 4.53. The topological polar surface area (TPSA) is 69.6 Å². The summed E-state index contributed by atoms with van der Waals surface area (Å²) in [6.07, 6.45) is 6.57. The van der Waals surface area contributed by atoms with E-state index in [1.54, 1.807) is 11.1 Å². The van der Waals surface area contributed by atoms with Crippen molar-refractivity contribution in [2.45, 2.75) is 63.5 Å². The number of carbonyl (C=O) groups excluding carboxylic acids is 1. The summed E-state index contributed by atoms with van der Waals surface area (Å²) in [4.78, 5) is 24.1. The average Bonchev–Trinajstić information content (AvgIpc) is 3.44. The molecule has 2 saturated heterocycles. The van der Waals surface area contributed by atoms with E-state index in [0.717, 1.165) is 41.3 Å². The minimum Gasteiger partial charge on any atom is -0.377 e. The van der Waals surface area contributed by atoms with Crippen LogP contribution in [0.2, 0.25) is 0 Å². The number of aliphatic imine (C=N–C) groups is 1. The molecule has 0 saturated carbocycles. The third-order valence-corrected chi connectivity index (χ3v) is 8.91. The van der Waals surface area contributed by atoms with Crippen LogP contribution in [-0.4, -0.2) is 52.7 Å². The Hall–Kier alpha value is -3.81. The summed E-state index contributed by atoms with van der Waals surface area (Å²) in [5.74, 6) is -2.13. The summed E-state index contributed by atoms with van der Waals surface area (Å²) in [6, 6.07) is 11.7. The number of fused-ring (bicyclic) bond motifs is 3. The Kier molecular flexibility index (Phi) is 6.39. The maximum absolute atomic E-state index is 14.3. The van der Waals surface area contributed by atoms with Gasteiger partial charge >= 0.3 is 0 Å². The van der Waals surface area contributed by atoms with Crippen LogP contribution in [0.3, 0.4) is 0 Å². The summed E-state index contributed by atoms with van der Waals surface area (Å²) in [6.45, 7) is 11.8. The van der Waals surface area contributed by atoms with Crippen LogP contribution in [0.5, 0.6) is 0 Å². The van der Waals surface area contributed by atoms with Gasteiger partial charge in [0.1, 0.15) is 5.84 Å². The van der Waals surface area contributed by atoms with Gasteiger partial charge in [-0.25, -0.2) is 8.78 Å². The summed E-state index contributed by atoms with van der Waals surface area (Å²) < 4.78 is 28.5. The van der Waals surface area contributed by atoms with Crippen LogP contribution in [0.1, 0.15) is 55.0 Å². The van der Waals surface area contributed by atoms with Crippen molar-refractivity contribution in [3.8, 4) is 0 Å². The van der Waals surface area contributed by atoms with Gasteiger partial charge in [0, 0.05) is 66.3 Å². The molecular weight excluding hydrogens is 508 g/mol. The van der Waals surface area contributed by atoms with Crippen molar-refractivity contribution in [1.29, 1.82) is 0 Å². The van der Waals surface area contributed by atoms with Crippen LogP contribution in [0.25, 0.3) is 5.70 Å². The van der Waals surface area contributed by atoms with E-state index >= 15 is 0 Å². The second kappa shape index (κ2) is 9.68. The molecule has 0 radical (unpaired) electrons. The van der Waals surface area contributed by atoms with E-state index in [-0.39, 0.29) is 23.9 Å². The molecule has 6 nitrogen and oxygen atoms in total. The number of aromatic nitrogens is 1. The molecule has 0 bridgehead atoms. The number of likely N-dealkylation sites (tertiary alicyclic amines) is 1. The van der Waals surface area contributed by atoms with E-state index < -0.39 is 17.9 Å². The Morgan fingerprint density at radius 1 is 1.27 bits per heavy atom. The highest BCUT2D eigenvalue weighted by atomic mass is 19.3. The summed E-state index contributed by atoms with van der Waals surface area (Å²) in [5, 5.41) is 6.48. The first-order valence-electron chi connectivity index (χ1n) is 13.9. The van der Waals surface area contributed by atoms with Gasteiger partial charge in [-0.3, -0.25) is 14.8 Å². The second-order valence-corrected chi connectivity index (χ2v) is 11.7. The Labute approximate surface area is 234 Å². The molecule has 40 heavy (non-hydrogen) atoms. The van der Waals surface area contributed by atoms with Crippen molar-refractivity contribution >= 4 is 17.4 Å². The summed E-state index contributed by atoms with van der Waals surface area (Å²) in [7, 11) is 0. The van der Waals surface area contributed by atoms with Gasteiger partial charge in [-0.1, -0.05) is 49.6 Å². The number of amides is 1. The number of carbonyl (C=O) groups is 1. The monoisotopic (exact) mass is 543 g/mol. The van der Waals surface area contributed by atoms with E-state index in [1.165, 1.54) is 0 Å². The molecule has 3 aliphatic heterocycles. The molecule has 208 valence electrons. The van der Waals surface area contributed by atoms with Crippen LogP contribution in [0, 0.1) is 5.41 Å². The lowest BCUT2D eigenvalue weighted by molar-refractivity contribution is -0.125. The number of rotatable bonds is 6. The third-order valence-electron chi connectivity index (χ3n) is 8.91. The van der Waals surface area contributed by atoms with E-state index in [2.05, 4.69) is 53.1 Å². The zero-order chi connectivity index (χ0) is 28.2. The number of hydrogen-bond acceptors (Lipinski definition) is 5. The molecule has 2 aromatic rings. The van der Waals surface area contributed by atoms with Crippen LogP contribution >= 0.6 is 0 Å². The molecule has 3 unspecified atom stereocenters. The minimum absolute atomic E-state index is 0.0108. The normalized spacial score (nSPS) is 27.6. The number of hydrogen-bond donors (Lipinski definition) is 2. The Balaban J connectivity index is 1.24. The van der Waals surface area contributed by atoms with E-state index in [9.17, 15) is 13.6 Å². The molecule has 8 heteroatoms. The SMILES string of the molecule is C=C(NC1CC(c2ccccc2)C(C)N(CC(C)(F)F)C1=C)c1cnc2c(c1)C[C@@]1(C2)C(=O)NC2=NCCC=C21. The quantitative estimate of drug-likeness (QED) is 0.538. The predicted octanol–water partition coefficient (Wildman–Crippen LogP) is 5.00. The minimum atomic E-state index is -2.86. The standard InChI is InChI=1S/C32H35F2N5O/c1-19(24-13-23-15-32(16-28(23)36-17-24)26-11-8-12-35-29(26)38-30(32)40)37-27-14-25(22-9-6-5-7-10-22)20(2)39(21(27)3)18-31(4,33)34/h5-7,9-11,13,17,20,25,27,37H,1,3,8,12,14-16,18H2,2,4H3,(H,35,38,40)/t20?,25?,27?,32-/m0/s1. The highest BCUT2D eigenvalue weighted by molar-refractivity contribution is 6.20. The van der Waals surface area contributed by atoms with Gasteiger partial charge in [0.05, 0.1) is 18.0 Å². The van der Waals surface area contributed by atoms with Gasteiger partial charge in [-0.15, -0.1) is 0 Å². The Bertz CT molecular complexity index is 1440. The zero-order valence-corrected chi connectivity index (χ0v) is 23.0. The molecule has 1 aromatic heterocycles. The average molecular weight is 544 g/mol. The number of dihydropyridines is 1. The van der Waals surface area contributed by atoms with Gasteiger partial charge < -0.3 is 15.5 Å². The van der Waals surface area contributed by atoms with Crippen molar-refractivity contribution in [2.75, 3.05) is 13.1 Å². The van der Waals surface area contributed by atoms with Crippen molar-refractivity contribution in [1.82, 2.24) is 20.5 Å². The molecule has 4 heterocycles. The molecular formula is C32H35F2N5O. The maximum Gasteiger partial charge on any atom is 0.262 e. The van der Waals surface area contributed by atoms with Crippen molar-refractivity contribution in [3.63, 3.8) is 0 Å². The number of piperidine rings is 1. The lowest BCUT2D eigenvalue weighted by Gasteiger charge is -2.47. The first kappa shape index (κ1) is 26.4. The van der Waals surface area contributed by atoms with Crippen LogP contribution in [-0.2, 0) is 17.6 Å². The molecule has 2 N–H and O–H groups in total. The van der Waals surface area contributed by atoms with E-state index in [1.807, 2.05) is 25.1 Å². The first-order chi connectivity index (χ1) is 19.1. The molecule has 4 aliphatic rings. The maximum atomic E-state index is 14.3. The highest BCUT2D eigenvalue weighted by Crippen LogP contribution is 2.47. The molecule has 4 atom stereocenters. The number of alkyl halides is 2. The smallest absolute Gasteiger partial charge is 0.262 e. The highest BCUT2D eigenvalue weighted by Gasteiger charge is 2.54. The van der Waals surface area contributed by atoms with Crippen molar-refractivity contribution in [2.24, 2.45) is 10.4 Å². The zero-order valence-electron chi connectivity index (χ0n) is 23.0. The molecule has 2 fully saturated rings. The van der Waals surface area contributed by atoms with Gasteiger partial charge in [0.2, 0.25) is 5.91 Å². The van der Waals surface area contributed by atoms with Crippen LogP contribution in [0.4, 0.5) is 8.78 Å². The Morgan fingerprint density at radius 3 is 2.80 bits per heavy atom. The van der Waals surface area contributed by atoms with E-state index in [0.29, 0.717) is 43.0 Å². The van der Waals surface area contributed by atoms with Gasteiger partial charge in [0.25, 0.3) is 5.92 Å². The van der Waals surface area contributed by atoms with Crippen LogP contribution in [0.15, 0.2) is 78.1 Å². The van der Waals surface area contributed by atoms with Gasteiger partial charge in [0.15, 0.2) is 0 Å². The molecule has 6 rings (SSSR count). The number of pyridine rings is 1. The predicted molar refractivity (Wildman–Crippen MR) is 153 cm³/mol. The van der Waals surface area contributed by atoms with Crippen LogP contribution < -0.4 is 10.6 Å². The molecule has 1 aromatic carbocycles. The number of amidine groups is 1. The number of nitrogens with zero attached hydrogens (tertiary/aromatic N) is 3. The lowest BCUT2D eigenvalue weighted by atomic mass is 9.78. The lowest BCUT2D eigenvalue weighted by Crippen LogP contribution is -2.53. The molecule has 1 aliphatic carbocycles. The molecule has 1 amide bonds. The fourth-order valence-electron chi connectivity index (χ4n) is 6.85. The van der Waals surface area contributed by atoms with Crippen molar-refractivity contribution in [3.05, 3.63) is 95.5 Å². The molecule has 1 spiro atoms. The number of nitrogens with one attached hydrogen (secondary N) is 2. The Morgan fingerprint density at radius 2 is 2.05 bits per heavy atom. The number of benzene rings is 1. The first-order valence-corrected chi connectivity index (χ1v) is 13.9. The fourth-order valence-corrected chi connectivity index (χ4v) is 6.85. The van der Waals surface area contributed by atoms with E-state index in [4.69, 9.17) is 4.98 Å². The second-order valence-electron chi connectivity index (χ2n) is 11.7. The number of halogens is 2. The summed E-state index contributed by atoms with van der Waals surface area (Å²) >= 11 is 0. The van der Waals surface area contributed by atoms with Gasteiger partial charge in [-0.05, 0) is 43.4 Å². The summed E-state index contributed by atoms with van der Waals surface area (Å²) in [5.41, 5.74) is 5.50. The van der Waals surface area contributed by atoms with Gasteiger partial charge in [-0.2, -0.15) is 0 Å².